The van der Waals surface area contributed by atoms with E-state index in [4.69, 9.17) is 20.4 Å². The van der Waals surface area contributed by atoms with Crippen LogP contribution in [0.3, 0.4) is 0 Å². The third-order valence-corrected chi connectivity index (χ3v) is 3.43. The smallest absolute Gasteiger partial charge is 0.170 e. The van der Waals surface area contributed by atoms with E-state index in [9.17, 15) is 0 Å². The van der Waals surface area contributed by atoms with E-state index in [1.807, 2.05) is 12.1 Å². The molecule has 1 aliphatic rings. The Bertz CT molecular complexity index is 466. The summed E-state index contributed by atoms with van der Waals surface area (Å²) in [4.78, 5) is 2.35. The van der Waals surface area contributed by atoms with Crippen LogP contribution in [0.5, 0.6) is 5.75 Å². The molecule has 6 heteroatoms. The summed E-state index contributed by atoms with van der Waals surface area (Å²) in [6, 6.07) is 7.17. The topological polar surface area (TPSA) is 80.3 Å². The van der Waals surface area contributed by atoms with Crippen LogP contribution in [0.15, 0.2) is 29.4 Å². The number of nitrogens with two attached hydrogens (primary N) is 1. The Hall–Kier alpha value is -1.79. The minimum atomic E-state index is 0.0952. The lowest BCUT2D eigenvalue weighted by molar-refractivity contribution is -0.0699. The molecule has 0 aliphatic carbocycles. The van der Waals surface area contributed by atoms with E-state index in [-0.39, 0.29) is 18.0 Å². The molecule has 2 atom stereocenters. The zero-order chi connectivity index (χ0) is 15.2. The number of hydrogen-bond acceptors (Lipinski definition) is 5. The zero-order valence-corrected chi connectivity index (χ0v) is 12.5. The van der Waals surface area contributed by atoms with Crippen molar-refractivity contribution in [1.82, 2.24) is 4.90 Å². The summed E-state index contributed by atoms with van der Waals surface area (Å²) in [6.45, 7) is 7.57. The van der Waals surface area contributed by atoms with Crippen LogP contribution in [-0.2, 0) is 4.74 Å². The lowest BCUT2D eigenvalue weighted by atomic mass is 10.2. The zero-order valence-electron chi connectivity index (χ0n) is 12.5. The molecule has 2 rings (SSSR count). The third kappa shape index (κ3) is 4.61. The highest BCUT2D eigenvalue weighted by atomic mass is 16.5. The van der Waals surface area contributed by atoms with Crippen LogP contribution in [0.1, 0.15) is 19.4 Å². The SMILES string of the molecule is CC1CN(CCOc2ccc(C(N)=NO)cc2)CC(C)O1. The van der Waals surface area contributed by atoms with Gasteiger partial charge in [0.25, 0.3) is 0 Å². The first-order valence-corrected chi connectivity index (χ1v) is 7.17. The summed E-state index contributed by atoms with van der Waals surface area (Å²) in [5.74, 6) is 0.872. The van der Waals surface area contributed by atoms with Crippen molar-refractivity contribution in [2.45, 2.75) is 26.1 Å². The summed E-state index contributed by atoms with van der Waals surface area (Å²) in [5, 5.41) is 11.6. The van der Waals surface area contributed by atoms with Crippen molar-refractivity contribution in [3.05, 3.63) is 29.8 Å². The largest absolute Gasteiger partial charge is 0.492 e. The Morgan fingerprint density at radius 2 is 1.95 bits per heavy atom. The predicted octanol–water partition coefficient (Wildman–Crippen LogP) is 1.27. The molecule has 1 saturated heterocycles. The summed E-state index contributed by atoms with van der Waals surface area (Å²) >= 11 is 0. The lowest BCUT2D eigenvalue weighted by Gasteiger charge is -2.35. The minimum absolute atomic E-state index is 0.0952. The van der Waals surface area contributed by atoms with Crippen LogP contribution in [0.4, 0.5) is 0 Å². The molecule has 1 aromatic rings. The number of nitrogens with zero attached hydrogens (tertiary/aromatic N) is 2. The normalized spacial score (nSPS) is 24.0. The second kappa shape index (κ2) is 7.28. The van der Waals surface area contributed by atoms with Gasteiger partial charge in [-0.2, -0.15) is 0 Å². The quantitative estimate of drug-likeness (QED) is 0.370. The van der Waals surface area contributed by atoms with E-state index in [0.29, 0.717) is 12.2 Å². The molecule has 0 amide bonds. The van der Waals surface area contributed by atoms with Gasteiger partial charge >= 0.3 is 0 Å². The van der Waals surface area contributed by atoms with Gasteiger partial charge in [-0.05, 0) is 38.1 Å². The van der Waals surface area contributed by atoms with Gasteiger partial charge in [0.2, 0.25) is 0 Å². The van der Waals surface area contributed by atoms with E-state index in [1.54, 1.807) is 12.1 Å². The maximum Gasteiger partial charge on any atom is 0.170 e. The monoisotopic (exact) mass is 293 g/mol. The molecule has 3 N–H and O–H groups in total. The molecule has 21 heavy (non-hydrogen) atoms. The molecule has 0 aromatic heterocycles. The number of ether oxygens (including phenoxy) is 2. The van der Waals surface area contributed by atoms with Gasteiger partial charge in [0.1, 0.15) is 12.4 Å². The fourth-order valence-corrected chi connectivity index (χ4v) is 2.54. The highest BCUT2D eigenvalue weighted by Gasteiger charge is 2.21. The summed E-state index contributed by atoms with van der Waals surface area (Å²) in [6.07, 6.45) is 0.544. The lowest BCUT2D eigenvalue weighted by Crippen LogP contribution is -2.46. The Labute approximate surface area is 125 Å². The van der Waals surface area contributed by atoms with Crippen molar-refractivity contribution in [2.24, 2.45) is 10.9 Å². The van der Waals surface area contributed by atoms with Gasteiger partial charge in [0.05, 0.1) is 12.2 Å². The van der Waals surface area contributed by atoms with E-state index in [2.05, 4.69) is 23.9 Å². The molecule has 116 valence electrons. The van der Waals surface area contributed by atoms with E-state index in [0.717, 1.165) is 25.4 Å². The third-order valence-electron chi connectivity index (χ3n) is 3.43. The minimum Gasteiger partial charge on any atom is -0.492 e. The van der Waals surface area contributed by atoms with Crippen molar-refractivity contribution in [1.29, 1.82) is 0 Å². The van der Waals surface area contributed by atoms with Gasteiger partial charge in [0, 0.05) is 25.2 Å². The predicted molar refractivity (Wildman–Crippen MR) is 80.9 cm³/mol. The number of morpholine rings is 1. The van der Waals surface area contributed by atoms with Crippen LogP contribution in [0.2, 0.25) is 0 Å². The van der Waals surface area contributed by atoms with Gasteiger partial charge < -0.3 is 20.4 Å². The number of hydrogen-bond donors (Lipinski definition) is 2. The van der Waals surface area contributed by atoms with Crippen LogP contribution >= 0.6 is 0 Å². The van der Waals surface area contributed by atoms with Gasteiger partial charge in [-0.3, -0.25) is 4.90 Å². The van der Waals surface area contributed by atoms with Crippen molar-refractivity contribution in [3.8, 4) is 5.75 Å². The molecule has 1 fully saturated rings. The van der Waals surface area contributed by atoms with Crippen LogP contribution < -0.4 is 10.5 Å². The molecule has 0 radical (unpaired) electrons. The van der Waals surface area contributed by atoms with Crippen LogP contribution in [-0.4, -0.2) is 54.4 Å². The van der Waals surface area contributed by atoms with Crippen molar-refractivity contribution >= 4 is 5.84 Å². The molecular weight excluding hydrogens is 270 g/mol. The highest BCUT2D eigenvalue weighted by molar-refractivity contribution is 5.97. The molecule has 0 spiro atoms. The number of rotatable bonds is 5. The van der Waals surface area contributed by atoms with Gasteiger partial charge in [-0.1, -0.05) is 5.16 Å². The maximum absolute atomic E-state index is 8.60. The molecule has 0 saturated carbocycles. The fraction of sp³-hybridized carbons (Fsp3) is 0.533. The van der Waals surface area contributed by atoms with Gasteiger partial charge in [0.15, 0.2) is 5.84 Å². The second-order valence-electron chi connectivity index (χ2n) is 5.37. The molecule has 2 unspecified atom stereocenters. The van der Waals surface area contributed by atoms with Crippen molar-refractivity contribution in [3.63, 3.8) is 0 Å². The molecular formula is C15H23N3O3. The number of oxime groups is 1. The Kier molecular flexibility index (Phi) is 5.41. The molecule has 0 bridgehead atoms. The number of benzene rings is 1. The van der Waals surface area contributed by atoms with Gasteiger partial charge in [-0.25, -0.2) is 0 Å². The molecule has 1 aromatic carbocycles. The Balaban J connectivity index is 1.78. The average Bonchev–Trinajstić information content (AvgIpc) is 2.46. The number of amidine groups is 1. The van der Waals surface area contributed by atoms with Crippen LogP contribution in [0.25, 0.3) is 0 Å². The van der Waals surface area contributed by atoms with Gasteiger partial charge in [-0.15, -0.1) is 0 Å². The standard InChI is InChI=1S/C15H23N3O3/c1-11-9-18(10-12(2)21-11)7-8-20-14-5-3-13(4-6-14)15(16)17-19/h3-6,11-12,19H,7-10H2,1-2H3,(H2,16,17). The summed E-state index contributed by atoms with van der Waals surface area (Å²) < 4.78 is 11.4. The molecule has 6 nitrogen and oxygen atoms in total. The first-order valence-electron chi connectivity index (χ1n) is 7.17. The molecule has 1 aliphatic heterocycles. The van der Waals surface area contributed by atoms with E-state index >= 15 is 0 Å². The maximum atomic E-state index is 8.60. The average molecular weight is 293 g/mol. The first kappa shape index (κ1) is 15.6. The van der Waals surface area contributed by atoms with E-state index < -0.39 is 0 Å². The Morgan fingerprint density at radius 3 is 2.52 bits per heavy atom. The second-order valence-corrected chi connectivity index (χ2v) is 5.37. The van der Waals surface area contributed by atoms with E-state index in [1.165, 1.54) is 0 Å². The Morgan fingerprint density at radius 1 is 1.33 bits per heavy atom. The first-order chi connectivity index (χ1) is 10.1. The summed E-state index contributed by atoms with van der Waals surface area (Å²) in [5.41, 5.74) is 6.18. The highest BCUT2D eigenvalue weighted by Crippen LogP contribution is 2.13. The van der Waals surface area contributed by atoms with Crippen molar-refractivity contribution in [2.75, 3.05) is 26.2 Å². The van der Waals surface area contributed by atoms with Crippen LogP contribution in [0, 0.1) is 0 Å². The molecule has 1 heterocycles. The van der Waals surface area contributed by atoms with Crippen molar-refractivity contribution < 1.29 is 14.7 Å². The summed E-state index contributed by atoms with van der Waals surface area (Å²) in [7, 11) is 0. The fourth-order valence-electron chi connectivity index (χ4n) is 2.54.